The first-order chi connectivity index (χ1) is 23.5. The molecule has 258 valence electrons. The summed E-state index contributed by atoms with van der Waals surface area (Å²) in [6.07, 6.45) is 5.13. The van der Waals surface area contributed by atoms with Crippen molar-refractivity contribution in [2.24, 2.45) is 0 Å². The van der Waals surface area contributed by atoms with E-state index < -0.39 is 28.5 Å². The van der Waals surface area contributed by atoms with Gasteiger partial charge in [-0.2, -0.15) is 0 Å². The molecule has 8 nitrogen and oxygen atoms in total. The number of carbonyl (C=O) groups is 2. The van der Waals surface area contributed by atoms with Crippen molar-refractivity contribution in [3.05, 3.63) is 124 Å². The average Bonchev–Trinajstić information content (AvgIpc) is 3.09. The topological polar surface area (TPSA) is 96.0 Å². The van der Waals surface area contributed by atoms with Gasteiger partial charge >= 0.3 is 0 Å². The van der Waals surface area contributed by atoms with Crippen LogP contribution in [0.15, 0.2) is 102 Å². The fraction of sp³-hybridized carbons (Fsp3) is 0.316. The highest BCUT2D eigenvalue weighted by Crippen LogP contribution is 2.32. The second-order valence-electron chi connectivity index (χ2n) is 12.3. The Balaban J connectivity index is 1.58. The van der Waals surface area contributed by atoms with Crippen LogP contribution in [-0.2, 0) is 32.6 Å². The molecule has 1 aliphatic carbocycles. The largest absolute Gasteiger partial charge is 0.495 e. The maximum Gasteiger partial charge on any atom is 0.264 e. The van der Waals surface area contributed by atoms with Crippen LogP contribution in [0.1, 0.15) is 48.8 Å². The standard InChI is InChI=1S/C38H41Cl2N3O5S/c1-27-16-19-33(20-17-27)49(46,47)43(32-18-21-36(48-2)34(40)24-32)26-37(44)42(25-29-12-9-13-30(39)22-29)35(23-28-10-5-3-6-11-28)38(45)41-31-14-7-4-8-15-31/h3,5-6,9-13,16-22,24,31,35H,4,7-8,14-15,23,25-26H2,1-2H3,(H,41,45)/t35-/m1/s1. The molecule has 0 saturated heterocycles. The van der Waals surface area contributed by atoms with Crippen molar-refractivity contribution in [2.45, 2.75) is 69.0 Å². The maximum absolute atomic E-state index is 14.7. The molecule has 0 unspecified atom stereocenters. The van der Waals surface area contributed by atoms with Crippen molar-refractivity contribution >= 4 is 50.7 Å². The third-order valence-electron chi connectivity index (χ3n) is 8.78. The summed E-state index contributed by atoms with van der Waals surface area (Å²) in [6.45, 7) is 1.29. The number of halogens is 2. The Morgan fingerprint density at radius 1 is 0.878 bits per heavy atom. The maximum atomic E-state index is 14.7. The van der Waals surface area contributed by atoms with Gasteiger partial charge in [0, 0.05) is 24.0 Å². The van der Waals surface area contributed by atoms with E-state index in [4.69, 9.17) is 27.9 Å². The second-order valence-corrected chi connectivity index (χ2v) is 15.1. The number of amides is 2. The van der Waals surface area contributed by atoms with Crippen molar-refractivity contribution in [3.8, 4) is 5.75 Å². The van der Waals surface area contributed by atoms with Crippen LogP contribution in [0.5, 0.6) is 5.75 Å². The number of benzene rings is 4. The van der Waals surface area contributed by atoms with Gasteiger partial charge in [-0.25, -0.2) is 8.42 Å². The fourth-order valence-corrected chi connectivity index (χ4v) is 7.98. The first kappa shape index (κ1) is 36.2. The minimum atomic E-state index is -4.28. The lowest BCUT2D eigenvalue weighted by molar-refractivity contribution is -0.140. The molecular weight excluding hydrogens is 681 g/mol. The summed E-state index contributed by atoms with van der Waals surface area (Å²) in [5.74, 6) is -0.497. The lowest BCUT2D eigenvalue weighted by atomic mass is 9.94. The Morgan fingerprint density at radius 3 is 2.22 bits per heavy atom. The Labute approximate surface area is 299 Å². The van der Waals surface area contributed by atoms with Crippen LogP contribution in [-0.4, -0.2) is 50.9 Å². The zero-order chi connectivity index (χ0) is 35.0. The predicted octanol–water partition coefficient (Wildman–Crippen LogP) is 7.59. The van der Waals surface area contributed by atoms with Crippen molar-refractivity contribution < 1.29 is 22.7 Å². The van der Waals surface area contributed by atoms with Crippen LogP contribution in [0.2, 0.25) is 10.0 Å². The molecule has 0 spiro atoms. The highest BCUT2D eigenvalue weighted by atomic mass is 35.5. The van der Waals surface area contributed by atoms with E-state index >= 15 is 0 Å². The third kappa shape index (κ3) is 9.35. The number of nitrogens with one attached hydrogen (secondary N) is 1. The van der Waals surface area contributed by atoms with Gasteiger partial charge in [0.15, 0.2) is 0 Å². The number of anilines is 1. The van der Waals surface area contributed by atoms with Gasteiger partial charge in [0.25, 0.3) is 10.0 Å². The zero-order valence-electron chi connectivity index (χ0n) is 27.6. The van der Waals surface area contributed by atoms with Crippen molar-refractivity contribution in [1.29, 1.82) is 0 Å². The molecule has 1 aliphatic rings. The van der Waals surface area contributed by atoms with E-state index in [2.05, 4.69) is 5.32 Å². The molecule has 1 N–H and O–H groups in total. The van der Waals surface area contributed by atoms with E-state index in [9.17, 15) is 18.0 Å². The normalized spacial score (nSPS) is 14.1. The van der Waals surface area contributed by atoms with Gasteiger partial charge in [0.1, 0.15) is 18.3 Å². The minimum absolute atomic E-state index is 0.00231. The summed E-state index contributed by atoms with van der Waals surface area (Å²) < 4.78 is 35.0. The molecule has 1 atom stereocenters. The number of methoxy groups -OCH3 is 1. The van der Waals surface area contributed by atoms with Gasteiger partial charge in [0.05, 0.1) is 22.7 Å². The van der Waals surface area contributed by atoms with Gasteiger partial charge in [0.2, 0.25) is 11.8 Å². The lowest BCUT2D eigenvalue weighted by Crippen LogP contribution is -2.55. The van der Waals surface area contributed by atoms with E-state index in [1.165, 1.54) is 30.2 Å². The molecule has 0 radical (unpaired) electrons. The van der Waals surface area contributed by atoms with Gasteiger partial charge in [-0.05, 0) is 73.4 Å². The average molecular weight is 723 g/mol. The summed E-state index contributed by atoms with van der Waals surface area (Å²) >= 11 is 12.8. The molecule has 1 fully saturated rings. The summed E-state index contributed by atoms with van der Waals surface area (Å²) in [5.41, 5.74) is 2.62. The Morgan fingerprint density at radius 2 is 1.57 bits per heavy atom. The monoisotopic (exact) mass is 721 g/mol. The van der Waals surface area contributed by atoms with E-state index in [0.29, 0.717) is 16.3 Å². The van der Waals surface area contributed by atoms with Gasteiger partial charge in [-0.3, -0.25) is 13.9 Å². The number of hydrogen-bond acceptors (Lipinski definition) is 5. The predicted molar refractivity (Wildman–Crippen MR) is 195 cm³/mol. The first-order valence-corrected chi connectivity index (χ1v) is 18.6. The zero-order valence-corrected chi connectivity index (χ0v) is 30.0. The van der Waals surface area contributed by atoms with Gasteiger partial charge < -0.3 is 15.0 Å². The summed E-state index contributed by atoms with van der Waals surface area (Å²) in [7, 11) is -2.82. The highest BCUT2D eigenvalue weighted by Gasteiger charge is 2.35. The van der Waals surface area contributed by atoms with Gasteiger partial charge in [-0.15, -0.1) is 0 Å². The SMILES string of the molecule is COc1ccc(N(CC(=O)N(Cc2cccc(Cl)c2)[C@H](Cc2ccccc2)C(=O)NC2CCCCC2)S(=O)(=O)c2ccc(C)cc2)cc1Cl. The van der Waals surface area contributed by atoms with Crippen LogP contribution in [0.25, 0.3) is 0 Å². The van der Waals surface area contributed by atoms with Crippen LogP contribution in [0, 0.1) is 6.92 Å². The fourth-order valence-electron chi connectivity index (χ4n) is 6.11. The van der Waals surface area contributed by atoms with Crippen molar-refractivity contribution in [3.63, 3.8) is 0 Å². The Bertz CT molecular complexity index is 1850. The Kier molecular flexibility index (Phi) is 12.3. The van der Waals surface area contributed by atoms with Crippen LogP contribution >= 0.6 is 23.2 Å². The van der Waals surface area contributed by atoms with Crippen molar-refractivity contribution in [1.82, 2.24) is 10.2 Å². The Hall–Kier alpha value is -4.05. The summed E-state index contributed by atoms with van der Waals surface area (Å²) in [6, 6.07) is 26.6. The van der Waals surface area contributed by atoms with E-state index in [1.807, 2.05) is 43.3 Å². The molecule has 11 heteroatoms. The molecule has 0 aliphatic heterocycles. The quantitative estimate of drug-likeness (QED) is 0.154. The molecule has 4 aromatic carbocycles. The minimum Gasteiger partial charge on any atom is -0.495 e. The van der Waals surface area contributed by atoms with Crippen LogP contribution < -0.4 is 14.4 Å². The van der Waals surface area contributed by atoms with Crippen LogP contribution in [0.4, 0.5) is 5.69 Å². The van der Waals surface area contributed by atoms with Crippen LogP contribution in [0.3, 0.4) is 0 Å². The number of rotatable bonds is 13. The first-order valence-electron chi connectivity index (χ1n) is 16.4. The van der Waals surface area contributed by atoms with E-state index in [1.54, 1.807) is 42.5 Å². The number of hydrogen-bond donors (Lipinski definition) is 1. The highest BCUT2D eigenvalue weighted by molar-refractivity contribution is 7.92. The summed E-state index contributed by atoms with van der Waals surface area (Å²) in [4.78, 5) is 30.5. The molecule has 0 bridgehead atoms. The molecule has 5 rings (SSSR count). The molecule has 4 aromatic rings. The smallest absolute Gasteiger partial charge is 0.264 e. The molecule has 0 heterocycles. The number of aryl methyl sites for hydroxylation is 1. The summed E-state index contributed by atoms with van der Waals surface area (Å²) in [5, 5.41) is 3.88. The molecule has 49 heavy (non-hydrogen) atoms. The third-order valence-corrected chi connectivity index (χ3v) is 11.1. The lowest BCUT2D eigenvalue weighted by Gasteiger charge is -2.35. The molecule has 1 saturated carbocycles. The number of ether oxygens (including phenoxy) is 1. The van der Waals surface area contributed by atoms with Gasteiger partial charge in [-0.1, -0.05) is 103 Å². The number of sulfonamides is 1. The number of nitrogens with zero attached hydrogens (tertiary/aromatic N) is 2. The molecular formula is C38H41Cl2N3O5S. The number of carbonyl (C=O) groups excluding carboxylic acids is 2. The molecule has 2 amide bonds. The van der Waals surface area contributed by atoms with E-state index in [-0.39, 0.29) is 40.5 Å². The van der Waals surface area contributed by atoms with Crippen molar-refractivity contribution in [2.75, 3.05) is 18.0 Å². The van der Waals surface area contributed by atoms with E-state index in [0.717, 1.165) is 47.5 Å². The molecule has 0 aromatic heterocycles. The second kappa shape index (κ2) is 16.6.